The van der Waals surface area contributed by atoms with Gasteiger partial charge in [0, 0.05) is 5.56 Å². The molecule has 0 aliphatic rings. The molecule has 2 nitrogen and oxygen atoms in total. The number of nitrogens with one attached hydrogen (secondary N) is 1. The van der Waals surface area contributed by atoms with E-state index in [4.69, 9.17) is 4.42 Å². The quantitative estimate of drug-likeness (QED) is 0.695. The van der Waals surface area contributed by atoms with Gasteiger partial charge in [0.05, 0.1) is 6.04 Å². The van der Waals surface area contributed by atoms with Crippen molar-refractivity contribution in [2.24, 2.45) is 0 Å². The first kappa shape index (κ1) is 9.07. The van der Waals surface area contributed by atoms with Gasteiger partial charge in [0.15, 0.2) is 0 Å². The molecule has 1 N–H and O–H groups in total. The Morgan fingerprint density at radius 3 is 2.58 bits per heavy atom. The second-order valence-electron chi connectivity index (χ2n) is 2.87. The summed E-state index contributed by atoms with van der Waals surface area (Å²) in [6.45, 7) is 7.67. The van der Waals surface area contributed by atoms with Crippen LogP contribution in [0.3, 0.4) is 0 Å². The number of likely N-dealkylation sites (N-methyl/N-ethyl adjacent to an activating group) is 1. The molecule has 1 atom stereocenters. The van der Waals surface area contributed by atoms with E-state index in [0.29, 0.717) is 0 Å². The van der Waals surface area contributed by atoms with Gasteiger partial charge in [0.1, 0.15) is 11.5 Å². The highest BCUT2D eigenvalue weighted by Crippen LogP contribution is 2.21. The minimum atomic E-state index is 0.197. The van der Waals surface area contributed by atoms with Crippen molar-refractivity contribution in [2.75, 3.05) is 7.05 Å². The zero-order valence-corrected chi connectivity index (χ0v) is 7.85. The predicted molar refractivity (Wildman–Crippen MR) is 50.2 cm³/mol. The van der Waals surface area contributed by atoms with E-state index >= 15 is 0 Å². The van der Waals surface area contributed by atoms with Crippen LogP contribution in [0.5, 0.6) is 0 Å². The molecule has 0 aliphatic heterocycles. The van der Waals surface area contributed by atoms with Gasteiger partial charge in [-0.1, -0.05) is 6.08 Å². The minimum Gasteiger partial charge on any atom is -0.466 e. The Bertz CT molecular complexity index is 275. The first-order valence-corrected chi connectivity index (χ1v) is 4.05. The molecule has 0 aromatic carbocycles. The van der Waals surface area contributed by atoms with Crippen molar-refractivity contribution < 1.29 is 4.42 Å². The average Bonchev–Trinajstić information content (AvgIpc) is 2.34. The van der Waals surface area contributed by atoms with Crippen molar-refractivity contribution in [3.05, 3.63) is 35.8 Å². The van der Waals surface area contributed by atoms with Crippen molar-refractivity contribution in [3.63, 3.8) is 0 Å². The maximum absolute atomic E-state index is 5.41. The van der Waals surface area contributed by atoms with Crippen LogP contribution in [0.25, 0.3) is 0 Å². The normalized spacial score (nSPS) is 12.9. The molecule has 1 unspecified atom stereocenters. The largest absolute Gasteiger partial charge is 0.466 e. The lowest BCUT2D eigenvalue weighted by Gasteiger charge is -2.08. The van der Waals surface area contributed by atoms with Gasteiger partial charge in [-0.2, -0.15) is 0 Å². The van der Waals surface area contributed by atoms with Crippen molar-refractivity contribution >= 4 is 0 Å². The zero-order chi connectivity index (χ0) is 9.14. The smallest absolute Gasteiger partial charge is 0.106 e. The van der Waals surface area contributed by atoms with E-state index in [-0.39, 0.29) is 6.04 Å². The number of rotatable bonds is 3. The fraction of sp³-hybridized carbons (Fsp3) is 0.400. The van der Waals surface area contributed by atoms with Crippen LogP contribution >= 0.6 is 0 Å². The number of hydrogen-bond acceptors (Lipinski definition) is 2. The fourth-order valence-corrected chi connectivity index (χ4v) is 1.36. The van der Waals surface area contributed by atoms with E-state index in [0.717, 1.165) is 11.5 Å². The molecule has 1 aromatic heterocycles. The summed E-state index contributed by atoms with van der Waals surface area (Å²) in [7, 11) is 1.91. The molecule has 0 bridgehead atoms. The van der Waals surface area contributed by atoms with Crippen LogP contribution in [-0.4, -0.2) is 7.05 Å². The van der Waals surface area contributed by atoms with E-state index in [9.17, 15) is 0 Å². The average molecular weight is 165 g/mol. The summed E-state index contributed by atoms with van der Waals surface area (Å²) >= 11 is 0. The Labute approximate surface area is 73.3 Å². The standard InChI is InChI=1S/C10H15NO/c1-5-10(11-4)9-6-7(2)12-8(9)3/h5-6,10-11H,1H2,2-4H3. The molecule has 12 heavy (non-hydrogen) atoms. The second-order valence-corrected chi connectivity index (χ2v) is 2.87. The molecule has 0 saturated carbocycles. The lowest BCUT2D eigenvalue weighted by atomic mass is 10.1. The third-order valence-electron chi connectivity index (χ3n) is 1.96. The van der Waals surface area contributed by atoms with Crippen LogP contribution in [0.4, 0.5) is 0 Å². The van der Waals surface area contributed by atoms with E-state index in [1.165, 1.54) is 5.56 Å². The third-order valence-corrected chi connectivity index (χ3v) is 1.96. The van der Waals surface area contributed by atoms with Crippen LogP contribution in [0.15, 0.2) is 23.1 Å². The molecule has 0 saturated heterocycles. The number of furan rings is 1. The Kier molecular flexibility index (Phi) is 2.71. The van der Waals surface area contributed by atoms with Crippen LogP contribution in [0.2, 0.25) is 0 Å². The Hall–Kier alpha value is -1.02. The SMILES string of the molecule is C=CC(NC)c1cc(C)oc1C. The van der Waals surface area contributed by atoms with Gasteiger partial charge < -0.3 is 9.73 Å². The zero-order valence-electron chi connectivity index (χ0n) is 7.85. The van der Waals surface area contributed by atoms with E-state index in [2.05, 4.69) is 11.9 Å². The highest BCUT2D eigenvalue weighted by atomic mass is 16.3. The van der Waals surface area contributed by atoms with Gasteiger partial charge in [0.25, 0.3) is 0 Å². The van der Waals surface area contributed by atoms with Gasteiger partial charge in [-0.15, -0.1) is 6.58 Å². The summed E-state index contributed by atoms with van der Waals surface area (Å²) in [5.41, 5.74) is 1.17. The van der Waals surface area contributed by atoms with Crippen LogP contribution in [-0.2, 0) is 0 Å². The number of hydrogen-bond donors (Lipinski definition) is 1. The van der Waals surface area contributed by atoms with Crippen molar-refractivity contribution in [2.45, 2.75) is 19.9 Å². The van der Waals surface area contributed by atoms with E-state index in [1.54, 1.807) is 0 Å². The summed E-state index contributed by atoms with van der Waals surface area (Å²) in [5.74, 6) is 1.91. The monoisotopic (exact) mass is 165 g/mol. The molecule has 0 spiro atoms. The summed E-state index contributed by atoms with van der Waals surface area (Å²) in [5, 5.41) is 3.14. The minimum absolute atomic E-state index is 0.197. The van der Waals surface area contributed by atoms with Crippen molar-refractivity contribution in [3.8, 4) is 0 Å². The van der Waals surface area contributed by atoms with Gasteiger partial charge in [-0.05, 0) is 27.0 Å². The number of aryl methyl sites for hydroxylation is 2. The molecular weight excluding hydrogens is 150 g/mol. The Morgan fingerprint density at radius 2 is 2.25 bits per heavy atom. The van der Waals surface area contributed by atoms with Gasteiger partial charge >= 0.3 is 0 Å². The molecular formula is C10H15NO. The Morgan fingerprint density at radius 1 is 1.58 bits per heavy atom. The van der Waals surface area contributed by atoms with Crippen molar-refractivity contribution in [1.82, 2.24) is 5.32 Å². The molecule has 66 valence electrons. The van der Waals surface area contributed by atoms with Gasteiger partial charge in [-0.3, -0.25) is 0 Å². The molecule has 0 aliphatic carbocycles. The Balaban J connectivity index is 2.99. The van der Waals surface area contributed by atoms with Crippen molar-refractivity contribution in [1.29, 1.82) is 0 Å². The summed E-state index contributed by atoms with van der Waals surface area (Å²) in [6, 6.07) is 2.24. The topological polar surface area (TPSA) is 25.2 Å². The van der Waals surface area contributed by atoms with E-state index < -0.39 is 0 Å². The maximum Gasteiger partial charge on any atom is 0.106 e. The first-order chi connectivity index (χ1) is 5.69. The summed E-state index contributed by atoms with van der Waals surface area (Å²) < 4.78 is 5.41. The molecule has 0 radical (unpaired) electrons. The molecule has 0 amide bonds. The lowest BCUT2D eigenvalue weighted by Crippen LogP contribution is -2.13. The van der Waals surface area contributed by atoms with Crippen LogP contribution < -0.4 is 5.32 Å². The molecule has 1 heterocycles. The van der Waals surface area contributed by atoms with Gasteiger partial charge in [-0.25, -0.2) is 0 Å². The second kappa shape index (κ2) is 3.59. The van der Waals surface area contributed by atoms with E-state index in [1.807, 2.05) is 33.0 Å². The fourth-order valence-electron chi connectivity index (χ4n) is 1.36. The molecule has 1 rings (SSSR count). The predicted octanol–water partition coefficient (Wildman–Crippen LogP) is 2.34. The van der Waals surface area contributed by atoms with Gasteiger partial charge in [0.2, 0.25) is 0 Å². The molecule has 0 fully saturated rings. The third kappa shape index (κ3) is 1.59. The maximum atomic E-state index is 5.41. The van der Waals surface area contributed by atoms with Crippen LogP contribution in [0.1, 0.15) is 23.1 Å². The summed E-state index contributed by atoms with van der Waals surface area (Å²) in [6.07, 6.45) is 1.87. The van der Waals surface area contributed by atoms with Crippen LogP contribution in [0, 0.1) is 13.8 Å². The summed E-state index contributed by atoms with van der Waals surface area (Å²) in [4.78, 5) is 0. The highest BCUT2D eigenvalue weighted by Gasteiger charge is 2.11. The molecule has 1 aromatic rings. The lowest BCUT2D eigenvalue weighted by molar-refractivity contribution is 0.497. The first-order valence-electron chi connectivity index (χ1n) is 4.05. The highest BCUT2D eigenvalue weighted by molar-refractivity contribution is 5.26. The molecule has 2 heteroatoms.